The molecule has 0 aliphatic carbocycles. The summed E-state index contributed by atoms with van der Waals surface area (Å²) in [6, 6.07) is 0. The Morgan fingerprint density at radius 1 is 1.50 bits per heavy atom. The molecule has 0 bridgehead atoms. The number of carbonyl (C=O) groups is 1. The van der Waals surface area contributed by atoms with Crippen molar-refractivity contribution >= 4 is 18.5 Å². The van der Waals surface area contributed by atoms with Gasteiger partial charge in [-0.2, -0.15) is 12.6 Å². The normalized spacial score (nSPS) is 13.1. The maximum absolute atomic E-state index is 11.3. The Morgan fingerprint density at radius 3 is 2.42 bits per heavy atom. The van der Waals surface area contributed by atoms with Crippen molar-refractivity contribution in [2.24, 2.45) is 11.8 Å². The third-order valence-corrected chi connectivity index (χ3v) is 2.14. The van der Waals surface area contributed by atoms with E-state index >= 15 is 0 Å². The van der Waals surface area contributed by atoms with Gasteiger partial charge in [0.05, 0.1) is 0 Å². The Kier molecular flexibility index (Phi) is 6.25. The number of hydrogen-bond acceptors (Lipinski definition) is 2. The first-order valence-electron chi connectivity index (χ1n) is 4.50. The molecule has 2 nitrogen and oxygen atoms in total. The molecule has 1 N–H and O–H groups in total. The number of amides is 1. The van der Waals surface area contributed by atoms with Gasteiger partial charge in [0, 0.05) is 18.2 Å². The molecule has 0 saturated carbocycles. The summed E-state index contributed by atoms with van der Waals surface area (Å²) in [5.74, 6) is 1.42. The van der Waals surface area contributed by atoms with E-state index in [1.54, 1.807) is 0 Å². The molecule has 0 heterocycles. The van der Waals surface area contributed by atoms with Gasteiger partial charge in [-0.25, -0.2) is 0 Å². The molecule has 0 radical (unpaired) electrons. The molecule has 0 spiro atoms. The van der Waals surface area contributed by atoms with Gasteiger partial charge in [-0.3, -0.25) is 4.79 Å². The quantitative estimate of drug-likeness (QED) is 0.633. The van der Waals surface area contributed by atoms with Gasteiger partial charge in [-0.15, -0.1) is 0 Å². The highest BCUT2D eigenvalue weighted by Gasteiger charge is 2.16. The molecule has 0 aromatic carbocycles. The van der Waals surface area contributed by atoms with Crippen molar-refractivity contribution in [2.45, 2.75) is 27.2 Å². The number of thiol groups is 1. The van der Waals surface area contributed by atoms with Crippen LogP contribution in [0.4, 0.5) is 0 Å². The van der Waals surface area contributed by atoms with Crippen molar-refractivity contribution in [3.8, 4) is 0 Å². The fourth-order valence-electron chi connectivity index (χ4n) is 1.15. The fraction of sp³-hybridized carbons (Fsp3) is 0.889. The highest BCUT2D eigenvalue weighted by atomic mass is 32.1. The molecule has 3 heteroatoms. The summed E-state index contributed by atoms with van der Waals surface area (Å²) in [6.07, 6.45) is 0.926. The lowest BCUT2D eigenvalue weighted by Gasteiger charge is -2.15. The van der Waals surface area contributed by atoms with Crippen molar-refractivity contribution in [3.05, 3.63) is 0 Å². The van der Waals surface area contributed by atoms with E-state index in [2.05, 4.69) is 31.8 Å². The zero-order valence-corrected chi connectivity index (χ0v) is 9.03. The Labute approximate surface area is 80.5 Å². The van der Waals surface area contributed by atoms with E-state index < -0.39 is 0 Å². The summed E-state index contributed by atoms with van der Waals surface area (Å²) in [6.45, 7) is 6.88. The van der Waals surface area contributed by atoms with Crippen LogP contribution >= 0.6 is 12.6 Å². The van der Waals surface area contributed by atoms with E-state index in [9.17, 15) is 4.79 Å². The molecule has 0 rings (SSSR count). The predicted molar refractivity (Wildman–Crippen MR) is 55.5 cm³/mol. The fourth-order valence-corrected chi connectivity index (χ4v) is 1.47. The van der Waals surface area contributed by atoms with Gasteiger partial charge in [-0.05, 0) is 19.3 Å². The largest absolute Gasteiger partial charge is 0.356 e. The van der Waals surface area contributed by atoms with Gasteiger partial charge in [-0.1, -0.05) is 13.8 Å². The average molecular weight is 189 g/mol. The van der Waals surface area contributed by atoms with Crippen LogP contribution in [-0.2, 0) is 4.79 Å². The molecule has 0 aromatic heterocycles. The molecule has 0 fully saturated rings. The monoisotopic (exact) mass is 189 g/mol. The number of hydrogen-bond donors (Lipinski definition) is 2. The van der Waals surface area contributed by atoms with E-state index in [1.807, 2.05) is 6.92 Å². The molecule has 1 unspecified atom stereocenters. The van der Waals surface area contributed by atoms with Crippen LogP contribution < -0.4 is 5.32 Å². The second-order valence-corrected chi connectivity index (χ2v) is 3.77. The highest BCUT2D eigenvalue weighted by molar-refractivity contribution is 7.80. The van der Waals surface area contributed by atoms with E-state index in [4.69, 9.17) is 0 Å². The van der Waals surface area contributed by atoms with Crippen LogP contribution in [0.2, 0.25) is 0 Å². The summed E-state index contributed by atoms with van der Waals surface area (Å²) in [4.78, 5) is 11.3. The van der Waals surface area contributed by atoms with Crippen molar-refractivity contribution in [2.75, 3.05) is 12.3 Å². The van der Waals surface area contributed by atoms with Crippen molar-refractivity contribution in [1.29, 1.82) is 0 Å². The second-order valence-electron chi connectivity index (χ2n) is 3.40. The molecule has 0 aliphatic rings. The number of nitrogens with one attached hydrogen (secondary N) is 1. The summed E-state index contributed by atoms with van der Waals surface area (Å²) in [5.41, 5.74) is 0. The zero-order valence-electron chi connectivity index (χ0n) is 8.13. The summed E-state index contributed by atoms with van der Waals surface area (Å²) in [5, 5.41) is 2.81. The molecule has 72 valence electrons. The van der Waals surface area contributed by atoms with Gasteiger partial charge in [0.2, 0.25) is 5.91 Å². The maximum atomic E-state index is 11.3. The van der Waals surface area contributed by atoms with Crippen molar-refractivity contribution < 1.29 is 4.79 Å². The number of carbonyl (C=O) groups excluding carboxylic acids is 1. The van der Waals surface area contributed by atoms with Crippen LogP contribution in [-0.4, -0.2) is 18.2 Å². The van der Waals surface area contributed by atoms with E-state index in [0.717, 1.165) is 6.42 Å². The van der Waals surface area contributed by atoms with Gasteiger partial charge < -0.3 is 5.32 Å². The van der Waals surface area contributed by atoms with Gasteiger partial charge in [0.1, 0.15) is 0 Å². The second kappa shape index (κ2) is 6.35. The Morgan fingerprint density at radius 2 is 2.08 bits per heavy atom. The Hall–Kier alpha value is -0.180. The molecular weight excluding hydrogens is 170 g/mol. The third-order valence-electron chi connectivity index (χ3n) is 1.70. The minimum absolute atomic E-state index is 0.0771. The minimum atomic E-state index is 0.0771. The standard InChI is InChI=1S/C9H19NOS/c1-4-10-9(11)8(6-12)5-7(2)3/h7-8,12H,4-6H2,1-3H3,(H,10,11). The number of rotatable bonds is 5. The van der Waals surface area contributed by atoms with Crippen molar-refractivity contribution in [1.82, 2.24) is 5.32 Å². The van der Waals surface area contributed by atoms with Crippen molar-refractivity contribution in [3.63, 3.8) is 0 Å². The molecule has 0 aromatic rings. The average Bonchev–Trinajstić information content (AvgIpc) is 2.00. The van der Waals surface area contributed by atoms with E-state index in [-0.39, 0.29) is 11.8 Å². The topological polar surface area (TPSA) is 29.1 Å². The van der Waals surface area contributed by atoms with Crippen LogP contribution in [0, 0.1) is 11.8 Å². The van der Waals surface area contributed by atoms with Gasteiger partial charge >= 0.3 is 0 Å². The van der Waals surface area contributed by atoms with Crippen LogP contribution in [0.3, 0.4) is 0 Å². The minimum Gasteiger partial charge on any atom is -0.356 e. The lowest BCUT2D eigenvalue weighted by Crippen LogP contribution is -2.32. The summed E-state index contributed by atoms with van der Waals surface area (Å²) >= 11 is 4.16. The first kappa shape index (κ1) is 11.8. The molecule has 0 aliphatic heterocycles. The first-order valence-corrected chi connectivity index (χ1v) is 5.13. The third kappa shape index (κ3) is 4.65. The lowest BCUT2D eigenvalue weighted by molar-refractivity contribution is -0.124. The maximum Gasteiger partial charge on any atom is 0.223 e. The van der Waals surface area contributed by atoms with Crippen LogP contribution in [0.5, 0.6) is 0 Å². The van der Waals surface area contributed by atoms with Crippen LogP contribution in [0.15, 0.2) is 0 Å². The van der Waals surface area contributed by atoms with E-state index in [0.29, 0.717) is 18.2 Å². The molecule has 12 heavy (non-hydrogen) atoms. The predicted octanol–water partition coefficient (Wildman–Crippen LogP) is 1.71. The van der Waals surface area contributed by atoms with Gasteiger partial charge in [0.15, 0.2) is 0 Å². The summed E-state index contributed by atoms with van der Waals surface area (Å²) < 4.78 is 0. The zero-order chi connectivity index (χ0) is 9.56. The Bertz CT molecular complexity index is 136. The molecule has 1 atom stereocenters. The Balaban J connectivity index is 3.87. The molecular formula is C9H19NOS. The van der Waals surface area contributed by atoms with Gasteiger partial charge in [0.25, 0.3) is 0 Å². The first-order chi connectivity index (χ1) is 5.61. The molecule has 0 saturated heterocycles. The smallest absolute Gasteiger partial charge is 0.223 e. The highest BCUT2D eigenvalue weighted by Crippen LogP contribution is 2.12. The molecule has 1 amide bonds. The summed E-state index contributed by atoms with van der Waals surface area (Å²) in [7, 11) is 0. The lowest BCUT2D eigenvalue weighted by atomic mass is 9.98. The van der Waals surface area contributed by atoms with E-state index in [1.165, 1.54) is 0 Å². The van der Waals surface area contributed by atoms with Crippen LogP contribution in [0.25, 0.3) is 0 Å². The van der Waals surface area contributed by atoms with Crippen LogP contribution in [0.1, 0.15) is 27.2 Å². The SMILES string of the molecule is CCNC(=O)C(CS)CC(C)C.